The van der Waals surface area contributed by atoms with Gasteiger partial charge in [0.15, 0.2) is 0 Å². The van der Waals surface area contributed by atoms with Gasteiger partial charge in [0.2, 0.25) is 5.91 Å². The number of nitrogens with zero attached hydrogens (tertiary/aromatic N) is 1. The zero-order valence-electron chi connectivity index (χ0n) is 14.6. The summed E-state index contributed by atoms with van der Waals surface area (Å²) in [5.74, 6) is 0.447. The first kappa shape index (κ1) is 18.4. The predicted octanol–water partition coefficient (Wildman–Crippen LogP) is 4.30. The molecule has 0 radical (unpaired) electrons. The molecule has 2 aromatic rings. The van der Waals surface area contributed by atoms with E-state index >= 15 is 0 Å². The quantitative estimate of drug-likeness (QED) is 0.627. The van der Waals surface area contributed by atoms with Gasteiger partial charge in [-0.2, -0.15) is 0 Å². The summed E-state index contributed by atoms with van der Waals surface area (Å²) in [4.78, 5) is 22.1. The van der Waals surface area contributed by atoms with Crippen molar-refractivity contribution in [2.45, 2.75) is 32.6 Å². The Hall–Kier alpha value is -2.89. The van der Waals surface area contributed by atoms with Gasteiger partial charge in [-0.3, -0.25) is 14.9 Å². The molecule has 2 aromatic carbocycles. The van der Waals surface area contributed by atoms with Crippen LogP contribution in [0.1, 0.15) is 32.8 Å². The highest BCUT2D eigenvalue weighted by Crippen LogP contribution is 2.24. The molecule has 25 heavy (non-hydrogen) atoms. The first-order chi connectivity index (χ1) is 11.8. The Balaban J connectivity index is 1.82. The lowest BCUT2D eigenvalue weighted by atomic mass is 9.87. The maximum Gasteiger partial charge on any atom is 0.271 e. The summed E-state index contributed by atoms with van der Waals surface area (Å²) < 4.78 is 5.57. The summed E-state index contributed by atoms with van der Waals surface area (Å²) in [7, 11) is 0. The minimum Gasteiger partial charge on any atom is -0.493 e. The number of carbonyl (C=O) groups is 1. The minimum atomic E-state index is -0.500. The van der Waals surface area contributed by atoms with E-state index in [0.29, 0.717) is 11.4 Å². The minimum absolute atomic E-state index is 0.0620. The molecule has 1 N–H and O–H groups in total. The van der Waals surface area contributed by atoms with Crippen molar-refractivity contribution in [2.24, 2.45) is 0 Å². The van der Waals surface area contributed by atoms with Crippen molar-refractivity contribution in [3.8, 4) is 5.75 Å². The van der Waals surface area contributed by atoms with E-state index < -0.39 is 4.92 Å². The molecule has 0 fully saturated rings. The molecule has 0 atom stereocenters. The second-order valence-corrected chi connectivity index (χ2v) is 6.73. The molecule has 0 unspecified atom stereocenters. The van der Waals surface area contributed by atoms with Crippen molar-refractivity contribution in [1.29, 1.82) is 0 Å². The lowest BCUT2D eigenvalue weighted by Gasteiger charge is -2.19. The average Bonchev–Trinajstić information content (AvgIpc) is 2.54. The topological polar surface area (TPSA) is 81.5 Å². The number of anilines is 1. The zero-order valence-corrected chi connectivity index (χ0v) is 14.6. The molecule has 0 saturated heterocycles. The van der Waals surface area contributed by atoms with Crippen molar-refractivity contribution in [3.63, 3.8) is 0 Å². The molecule has 2 rings (SSSR count). The Morgan fingerprint density at radius 3 is 2.44 bits per heavy atom. The van der Waals surface area contributed by atoms with Crippen LogP contribution in [0.4, 0.5) is 11.4 Å². The molecule has 0 bridgehead atoms. The molecular weight excluding hydrogens is 320 g/mol. The third-order valence-corrected chi connectivity index (χ3v) is 3.66. The number of amides is 1. The van der Waals surface area contributed by atoms with Gasteiger partial charge in [-0.1, -0.05) is 39.0 Å². The van der Waals surface area contributed by atoms with Crippen molar-refractivity contribution in [2.75, 3.05) is 11.9 Å². The second kappa shape index (κ2) is 7.79. The van der Waals surface area contributed by atoms with Crippen molar-refractivity contribution >= 4 is 17.3 Å². The van der Waals surface area contributed by atoms with Crippen LogP contribution in [0.15, 0.2) is 48.5 Å². The van der Waals surface area contributed by atoms with Crippen LogP contribution in [0.2, 0.25) is 0 Å². The van der Waals surface area contributed by atoms with Gasteiger partial charge >= 0.3 is 0 Å². The van der Waals surface area contributed by atoms with Crippen LogP contribution in [-0.2, 0) is 10.2 Å². The van der Waals surface area contributed by atoms with Crippen LogP contribution in [0.3, 0.4) is 0 Å². The summed E-state index contributed by atoms with van der Waals surface area (Å²) in [6.07, 6.45) is 0.156. The summed E-state index contributed by atoms with van der Waals surface area (Å²) in [6.45, 7) is 6.65. The molecule has 0 spiro atoms. The fourth-order valence-electron chi connectivity index (χ4n) is 2.23. The van der Waals surface area contributed by atoms with Crippen molar-refractivity contribution in [3.05, 3.63) is 64.2 Å². The summed E-state index contributed by atoms with van der Waals surface area (Å²) in [5, 5.41) is 13.4. The Kier molecular flexibility index (Phi) is 5.75. The van der Waals surface area contributed by atoms with E-state index in [-0.39, 0.29) is 30.0 Å². The van der Waals surface area contributed by atoms with E-state index in [0.717, 1.165) is 0 Å². The van der Waals surface area contributed by atoms with E-state index in [1.165, 1.54) is 23.8 Å². The highest BCUT2D eigenvalue weighted by Gasteiger charge is 2.13. The fourth-order valence-corrected chi connectivity index (χ4v) is 2.23. The smallest absolute Gasteiger partial charge is 0.271 e. The number of nitrogens with one attached hydrogen (secondary N) is 1. The molecule has 0 saturated carbocycles. The maximum atomic E-state index is 11.9. The van der Waals surface area contributed by atoms with Crippen LogP contribution < -0.4 is 10.1 Å². The third kappa shape index (κ3) is 5.60. The van der Waals surface area contributed by atoms with E-state index in [9.17, 15) is 14.9 Å². The number of carbonyl (C=O) groups excluding carboxylic acids is 1. The summed E-state index contributed by atoms with van der Waals surface area (Å²) >= 11 is 0. The van der Waals surface area contributed by atoms with Crippen LogP contribution in [0, 0.1) is 10.1 Å². The van der Waals surface area contributed by atoms with Gasteiger partial charge in [0, 0.05) is 17.8 Å². The first-order valence-corrected chi connectivity index (χ1v) is 8.03. The maximum absolute atomic E-state index is 11.9. The van der Waals surface area contributed by atoms with Gasteiger partial charge in [-0.15, -0.1) is 0 Å². The van der Waals surface area contributed by atoms with Gasteiger partial charge in [0.1, 0.15) is 5.75 Å². The normalized spacial score (nSPS) is 11.0. The van der Waals surface area contributed by atoms with Crippen molar-refractivity contribution in [1.82, 2.24) is 0 Å². The first-order valence-electron chi connectivity index (χ1n) is 8.03. The van der Waals surface area contributed by atoms with E-state index in [4.69, 9.17) is 4.74 Å². The second-order valence-electron chi connectivity index (χ2n) is 6.73. The molecule has 0 heterocycles. The number of non-ortho nitro benzene ring substituents is 1. The monoisotopic (exact) mass is 342 g/mol. The van der Waals surface area contributed by atoms with E-state index in [1.54, 1.807) is 6.07 Å². The molecule has 0 aliphatic heterocycles. The molecule has 0 aromatic heterocycles. The van der Waals surface area contributed by atoms with Crippen LogP contribution in [0.5, 0.6) is 5.75 Å². The van der Waals surface area contributed by atoms with Gasteiger partial charge in [0.25, 0.3) is 5.69 Å². The number of hydrogen-bond donors (Lipinski definition) is 1. The van der Waals surface area contributed by atoms with Gasteiger partial charge in [-0.05, 0) is 29.2 Å². The van der Waals surface area contributed by atoms with Crippen LogP contribution in [0.25, 0.3) is 0 Å². The van der Waals surface area contributed by atoms with E-state index in [2.05, 4.69) is 26.1 Å². The standard InChI is InChI=1S/C19H22N2O4/c1-19(2,3)14-7-9-17(10-8-14)25-12-11-18(22)20-15-5-4-6-16(13-15)21(23)24/h4-10,13H,11-12H2,1-3H3,(H,20,22). The Bertz CT molecular complexity index is 749. The number of hydrogen-bond acceptors (Lipinski definition) is 4. The third-order valence-electron chi connectivity index (χ3n) is 3.66. The van der Waals surface area contributed by atoms with E-state index in [1.807, 2.05) is 24.3 Å². The molecule has 0 aliphatic rings. The Morgan fingerprint density at radius 2 is 1.84 bits per heavy atom. The lowest BCUT2D eigenvalue weighted by molar-refractivity contribution is -0.384. The molecule has 6 heteroatoms. The Labute approximate surface area is 147 Å². The average molecular weight is 342 g/mol. The van der Waals surface area contributed by atoms with Crippen molar-refractivity contribution < 1.29 is 14.5 Å². The molecule has 132 valence electrons. The molecule has 6 nitrogen and oxygen atoms in total. The van der Waals surface area contributed by atoms with Crippen LogP contribution in [-0.4, -0.2) is 17.4 Å². The largest absolute Gasteiger partial charge is 0.493 e. The van der Waals surface area contributed by atoms with Gasteiger partial charge in [-0.25, -0.2) is 0 Å². The van der Waals surface area contributed by atoms with Gasteiger partial charge in [0.05, 0.1) is 18.0 Å². The van der Waals surface area contributed by atoms with Gasteiger partial charge < -0.3 is 10.1 Å². The number of ether oxygens (including phenoxy) is 1. The Morgan fingerprint density at radius 1 is 1.16 bits per heavy atom. The predicted molar refractivity (Wildman–Crippen MR) is 97.0 cm³/mol. The summed E-state index contributed by atoms with van der Waals surface area (Å²) in [6, 6.07) is 13.6. The number of nitro benzene ring substituents is 1. The molecule has 0 aliphatic carbocycles. The number of nitro groups is 1. The highest BCUT2D eigenvalue weighted by molar-refractivity contribution is 5.91. The molecular formula is C19H22N2O4. The molecule has 1 amide bonds. The SMILES string of the molecule is CC(C)(C)c1ccc(OCCC(=O)Nc2cccc([N+](=O)[O-])c2)cc1. The number of benzene rings is 2. The lowest BCUT2D eigenvalue weighted by Crippen LogP contribution is -2.15. The fraction of sp³-hybridized carbons (Fsp3) is 0.316. The summed E-state index contributed by atoms with van der Waals surface area (Å²) in [5.41, 5.74) is 1.63. The number of rotatable bonds is 6. The zero-order chi connectivity index (χ0) is 18.4. The van der Waals surface area contributed by atoms with Crippen LogP contribution >= 0.6 is 0 Å². The highest BCUT2D eigenvalue weighted by atomic mass is 16.6.